The molecule has 1 rings (SSSR count). The molecule has 0 aliphatic carbocycles. The maximum Gasteiger partial charge on any atom is 0.251 e. The lowest BCUT2D eigenvalue weighted by molar-refractivity contribution is -0.138. The summed E-state index contributed by atoms with van der Waals surface area (Å²) < 4.78 is 0. The summed E-state index contributed by atoms with van der Waals surface area (Å²) in [5.74, 6) is -0.750. The molecule has 0 aromatic heterocycles. The molecule has 3 heteroatoms. The van der Waals surface area contributed by atoms with E-state index in [1.54, 1.807) is 14.1 Å². The Morgan fingerprint density at radius 3 is 2.33 bits per heavy atom. The van der Waals surface area contributed by atoms with Gasteiger partial charge in [-0.2, -0.15) is 0 Å². The van der Waals surface area contributed by atoms with Crippen molar-refractivity contribution in [3.05, 3.63) is 42.8 Å². The quantitative estimate of drug-likeness (QED) is 0.803. The zero-order chi connectivity index (χ0) is 11.4. The molecule has 81 valence electrons. The fourth-order valence-corrected chi connectivity index (χ4v) is 1.32. The van der Waals surface area contributed by atoms with Crippen molar-refractivity contribution in [1.82, 2.24) is 4.90 Å². The predicted octanol–water partition coefficient (Wildman–Crippen LogP) is 1.05. The lowest BCUT2D eigenvalue weighted by Gasteiger charge is -2.21. The third-order valence-corrected chi connectivity index (χ3v) is 2.30. The molecule has 0 heterocycles. The fraction of sp³-hybridized carbons (Fsp3) is 0.333. The molecular weight excluding hydrogens is 190 g/mol. The van der Waals surface area contributed by atoms with Crippen LogP contribution < -0.4 is 0 Å². The molecule has 1 aromatic carbocycles. The number of likely N-dealkylation sites (N-methyl/N-ethyl adjacent to an activating group) is 1. The van der Waals surface area contributed by atoms with E-state index in [0.29, 0.717) is 0 Å². The van der Waals surface area contributed by atoms with Crippen LogP contribution in [0, 0.1) is 6.92 Å². The van der Waals surface area contributed by atoms with Gasteiger partial charge in [0.25, 0.3) is 5.91 Å². The van der Waals surface area contributed by atoms with E-state index >= 15 is 0 Å². The van der Waals surface area contributed by atoms with E-state index in [0.717, 1.165) is 5.56 Å². The fourth-order valence-electron chi connectivity index (χ4n) is 1.32. The number of aliphatic hydroxyl groups excluding tert-OH is 1. The number of amides is 1. The van der Waals surface area contributed by atoms with Crippen LogP contribution in [0.15, 0.2) is 30.3 Å². The van der Waals surface area contributed by atoms with Gasteiger partial charge < -0.3 is 10.0 Å². The molecule has 0 saturated heterocycles. The normalized spacial score (nSPS) is 14.4. The molecule has 2 atom stereocenters. The van der Waals surface area contributed by atoms with E-state index in [1.807, 2.05) is 30.3 Å². The third kappa shape index (κ3) is 2.80. The molecule has 2 unspecified atom stereocenters. The second kappa shape index (κ2) is 4.94. The van der Waals surface area contributed by atoms with E-state index in [2.05, 4.69) is 6.92 Å². The summed E-state index contributed by atoms with van der Waals surface area (Å²) in [5.41, 5.74) is 0.861. The molecule has 0 fully saturated rings. The summed E-state index contributed by atoms with van der Waals surface area (Å²) in [6.45, 7) is 3.81. The first-order chi connectivity index (χ1) is 7.04. The van der Waals surface area contributed by atoms with Gasteiger partial charge >= 0.3 is 0 Å². The van der Waals surface area contributed by atoms with Crippen molar-refractivity contribution in [3.63, 3.8) is 0 Å². The number of nitrogens with zero attached hydrogens (tertiary/aromatic N) is 1. The van der Waals surface area contributed by atoms with Crippen molar-refractivity contribution in [2.75, 3.05) is 14.1 Å². The predicted molar refractivity (Wildman–Crippen MR) is 59.2 cm³/mol. The maximum absolute atomic E-state index is 11.5. The third-order valence-electron chi connectivity index (χ3n) is 2.30. The van der Waals surface area contributed by atoms with E-state index < -0.39 is 12.0 Å². The lowest BCUT2D eigenvalue weighted by atomic mass is 9.95. The Bertz CT molecular complexity index is 322. The van der Waals surface area contributed by atoms with Gasteiger partial charge in [-0.05, 0) is 12.5 Å². The SMILES string of the molecule is [CH2]C(c1ccccc1)C(O)C(=O)N(C)C. The van der Waals surface area contributed by atoms with Crippen molar-refractivity contribution in [2.45, 2.75) is 12.0 Å². The van der Waals surface area contributed by atoms with Crippen LogP contribution in [0.25, 0.3) is 0 Å². The first kappa shape index (κ1) is 11.7. The second-order valence-corrected chi connectivity index (χ2v) is 3.69. The van der Waals surface area contributed by atoms with Gasteiger partial charge in [-0.3, -0.25) is 4.79 Å². The second-order valence-electron chi connectivity index (χ2n) is 3.69. The minimum Gasteiger partial charge on any atom is -0.383 e. The molecule has 15 heavy (non-hydrogen) atoms. The average molecular weight is 206 g/mol. The molecule has 0 aliphatic rings. The zero-order valence-corrected chi connectivity index (χ0v) is 9.05. The van der Waals surface area contributed by atoms with Gasteiger partial charge in [0, 0.05) is 20.0 Å². The summed E-state index contributed by atoms with van der Waals surface area (Å²) in [6.07, 6.45) is -1.08. The first-order valence-corrected chi connectivity index (χ1v) is 4.81. The molecule has 1 amide bonds. The van der Waals surface area contributed by atoms with Crippen LogP contribution in [0.1, 0.15) is 11.5 Å². The molecule has 0 bridgehead atoms. The largest absolute Gasteiger partial charge is 0.383 e. The first-order valence-electron chi connectivity index (χ1n) is 4.81. The number of benzene rings is 1. The Hall–Kier alpha value is -1.35. The molecule has 0 aliphatic heterocycles. The standard InChI is InChI=1S/C12H16NO2/c1-9(10-7-5-4-6-8-10)11(14)12(15)13(2)3/h4-9,11,14H,1H2,2-3H3. The van der Waals surface area contributed by atoms with Gasteiger partial charge in [0.15, 0.2) is 0 Å². The van der Waals surface area contributed by atoms with E-state index in [-0.39, 0.29) is 5.91 Å². The number of hydrogen-bond acceptors (Lipinski definition) is 2. The Morgan fingerprint density at radius 2 is 1.87 bits per heavy atom. The van der Waals surface area contributed by atoms with Gasteiger partial charge in [0.1, 0.15) is 6.10 Å². The van der Waals surface area contributed by atoms with Crippen LogP contribution in [0.5, 0.6) is 0 Å². The van der Waals surface area contributed by atoms with Crippen LogP contribution >= 0.6 is 0 Å². The lowest BCUT2D eigenvalue weighted by Crippen LogP contribution is -2.36. The molecule has 3 nitrogen and oxygen atoms in total. The number of aliphatic hydroxyl groups is 1. The van der Waals surface area contributed by atoms with E-state index in [1.165, 1.54) is 4.90 Å². The Kier molecular flexibility index (Phi) is 3.86. The summed E-state index contributed by atoms with van der Waals surface area (Å²) in [4.78, 5) is 12.9. The molecular formula is C12H16NO2. The highest BCUT2D eigenvalue weighted by molar-refractivity contribution is 5.81. The van der Waals surface area contributed by atoms with Gasteiger partial charge in [-0.1, -0.05) is 30.3 Å². The highest BCUT2D eigenvalue weighted by Crippen LogP contribution is 2.19. The van der Waals surface area contributed by atoms with Crippen molar-refractivity contribution in [2.24, 2.45) is 0 Å². The van der Waals surface area contributed by atoms with Gasteiger partial charge in [-0.25, -0.2) is 0 Å². The van der Waals surface area contributed by atoms with E-state index in [4.69, 9.17) is 0 Å². The van der Waals surface area contributed by atoms with Gasteiger partial charge in [-0.15, -0.1) is 0 Å². The van der Waals surface area contributed by atoms with Crippen LogP contribution in [0.2, 0.25) is 0 Å². The van der Waals surface area contributed by atoms with Crippen molar-refractivity contribution < 1.29 is 9.90 Å². The minimum absolute atomic E-state index is 0.321. The summed E-state index contributed by atoms with van der Waals surface area (Å²) in [6, 6.07) is 9.31. The number of hydrogen-bond donors (Lipinski definition) is 1. The minimum atomic E-state index is -1.08. The van der Waals surface area contributed by atoms with Crippen molar-refractivity contribution in [3.8, 4) is 0 Å². The summed E-state index contributed by atoms with van der Waals surface area (Å²) in [7, 11) is 3.23. The smallest absolute Gasteiger partial charge is 0.251 e. The van der Waals surface area contributed by atoms with Crippen LogP contribution in [-0.4, -0.2) is 36.1 Å². The number of carbonyl (C=O) groups is 1. The Morgan fingerprint density at radius 1 is 1.33 bits per heavy atom. The van der Waals surface area contributed by atoms with Crippen molar-refractivity contribution >= 4 is 5.91 Å². The molecule has 1 radical (unpaired) electrons. The summed E-state index contributed by atoms with van der Waals surface area (Å²) in [5, 5.41) is 9.76. The molecule has 0 spiro atoms. The molecule has 1 N–H and O–H groups in total. The number of carbonyl (C=O) groups excluding carboxylic acids is 1. The van der Waals surface area contributed by atoms with Crippen LogP contribution in [-0.2, 0) is 4.79 Å². The Labute approximate surface area is 90.3 Å². The number of rotatable bonds is 3. The monoisotopic (exact) mass is 206 g/mol. The maximum atomic E-state index is 11.5. The zero-order valence-electron chi connectivity index (χ0n) is 9.05. The van der Waals surface area contributed by atoms with Crippen molar-refractivity contribution in [1.29, 1.82) is 0 Å². The highest BCUT2D eigenvalue weighted by atomic mass is 16.3. The molecule has 1 aromatic rings. The van der Waals surface area contributed by atoms with Crippen LogP contribution in [0.4, 0.5) is 0 Å². The Balaban J connectivity index is 2.77. The van der Waals surface area contributed by atoms with E-state index in [9.17, 15) is 9.90 Å². The average Bonchev–Trinajstić information content (AvgIpc) is 2.27. The molecule has 0 saturated carbocycles. The van der Waals surface area contributed by atoms with Gasteiger partial charge in [0.05, 0.1) is 0 Å². The topological polar surface area (TPSA) is 40.5 Å². The summed E-state index contributed by atoms with van der Waals surface area (Å²) >= 11 is 0. The van der Waals surface area contributed by atoms with Gasteiger partial charge in [0.2, 0.25) is 0 Å². The van der Waals surface area contributed by atoms with Crippen LogP contribution in [0.3, 0.4) is 0 Å². The highest BCUT2D eigenvalue weighted by Gasteiger charge is 2.24.